The number of carbonyl (C=O) groups is 1. The second-order valence-corrected chi connectivity index (χ2v) is 5.73. The molecule has 0 aliphatic carbocycles. The number of carbonyl (C=O) groups excluding carboxylic acids is 1. The molecule has 23 heavy (non-hydrogen) atoms. The molecule has 0 aromatic carbocycles. The van der Waals surface area contributed by atoms with Gasteiger partial charge in [0.05, 0.1) is 22.9 Å². The largest absolute Gasteiger partial charge is 0.461 e. The molecule has 1 aromatic heterocycles. The first-order valence-corrected chi connectivity index (χ1v) is 7.80. The van der Waals surface area contributed by atoms with Gasteiger partial charge in [0.1, 0.15) is 6.61 Å². The first-order chi connectivity index (χ1) is 11.0. The molecule has 1 unspecified atom stereocenters. The summed E-state index contributed by atoms with van der Waals surface area (Å²) in [6, 6.07) is 5.70. The van der Waals surface area contributed by atoms with Gasteiger partial charge >= 0.3 is 5.97 Å². The number of nitrogens with one attached hydrogen (secondary N) is 1. The van der Waals surface area contributed by atoms with Gasteiger partial charge in [0, 0.05) is 18.4 Å². The van der Waals surface area contributed by atoms with Crippen LogP contribution < -0.4 is 5.43 Å². The molecule has 0 saturated carbocycles. The number of ether oxygens (including phenoxy) is 1. The van der Waals surface area contributed by atoms with Crippen molar-refractivity contribution in [2.45, 2.75) is 26.2 Å². The molecule has 0 saturated heterocycles. The average molecular weight is 316 g/mol. The van der Waals surface area contributed by atoms with Crippen molar-refractivity contribution in [3.05, 3.63) is 41.4 Å². The number of nitrogens with zero attached hydrogens (tertiary/aromatic N) is 3. The quantitative estimate of drug-likeness (QED) is 0.812. The number of aromatic nitrogens is 1. The highest BCUT2D eigenvalue weighted by Crippen LogP contribution is 2.31. The van der Waals surface area contributed by atoms with Crippen molar-refractivity contribution in [3.63, 3.8) is 0 Å². The van der Waals surface area contributed by atoms with Crippen LogP contribution in [0.1, 0.15) is 31.9 Å². The second-order valence-electron chi connectivity index (χ2n) is 5.73. The third kappa shape index (κ3) is 4.16. The highest BCUT2D eigenvalue weighted by Gasteiger charge is 2.33. The molecule has 1 aliphatic heterocycles. The molecule has 6 nitrogen and oxygen atoms in total. The first kappa shape index (κ1) is 17.1. The van der Waals surface area contributed by atoms with E-state index >= 15 is 0 Å². The number of rotatable bonds is 6. The summed E-state index contributed by atoms with van der Waals surface area (Å²) in [5, 5.41) is 4.38. The van der Waals surface area contributed by atoms with Gasteiger partial charge in [-0.1, -0.05) is 13.0 Å². The summed E-state index contributed by atoms with van der Waals surface area (Å²) >= 11 is 0. The zero-order chi connectivity index (χ0) is 16.8. The average Bonchev–Trinajstić information content (AvgIpc) is 2.54. The van der Waals surface area contributed by atoms with Crippen LogP contribution >= 0.6 is 0 Å². The Labute approximate surface area is 137 Å². The zero-order valence-corrected chi connectivity index (χ0v) is 14.2. The SMILES string of the molecule is CCC1=NNC(C)=C(C(=O)OCCN(C)C)C1c1ccccn1. The Morgan fingerprint density at radius 1 is 1.39 bits per heavy atom. The van der Waals surface area contributed by atoms with E-state index in [4.69, 9.17) is 4.74 Å². The monoisotopic (exact) mass is 316 g/mol. The first-order valence-electron chi connectivity index (χ1n) is 7.80. The minimum atomic E-state index is -0.312. The van der Waals surface area contributed by atoms with E-state index in [9.17, 15) is 4.79 Å². The normalized spacial score (nSPS) is 17.8. The summed E-state index contributed by atoms with van der Waals surface area (Å²) in [7, 11) is 3.89. The van der Waals surface area contributed by atoms with Gasteiger partial charge < -0.3 is 9.64 Å². The lowest BCUT2D eigenvalue weighted by atomic mass is 9.86. The van der Waals surface area contributed by atoms with Crippen LogP contribution in [0.5, 0.6) is 0 Å². The van der Waals surface area contributed by atoms with E-state index in [0.717, 1.165) is 17.8 Å². The van der Waals surface area contributed by atoms with Gasteiger partial charge in [0.25, 0.3) is 0 Å². The molecule has 1 aromatic rings. The summed E-state index contributed by atoms with van der Waals surface area (Å²) in [6.45, 7) is 4.91. The third-order valence-corrected chi connectivity index (χ3v) is 3.73. The number of likely N-dealkylation sites (N-methyl/N-ethyl adjacent to an activating group) is 1. The summed E-state index contributed by atoms with van der Waals surface area (Å²) < 4.78 is 5.45. The van der Waals surface area contributed by atoms with Crippen molar-refractivity contribution in [3.8, 4) is 0 Å². The fourth-order valence-electron chi connectivity index (χ4n) is 2.48. The van der Waals surface area contributed by atoms with Crippen molar-refractivity contribution < 1.29 is 9.53 Å². The van der Waals surface area contributed by atoms with E-state index in [1.807, 2.05) is 51.0 Å². The maximum atomic E-state index is 12.6. The Morgan fingerprint density at radius 3 is 2.78 bits per heavy atom. The van der Waals surface area contributed by atoms with Crippen LogP contribution in [-0.4, -0.2) is 48.8 Å². The van der Waals surface area contributed by atoms with Crippen LogP contribution in [0, 0.1) is 0 Å². The summed E-state index contributed by atoms with van der Waals surface area (Å²) in [5.74, 6) is -0.567. The minimum absolute atomic E-state index is 0.255. The molecule has 2 heterocycles. The van der Waals surface area contributed by atoms with E-state index in [2.05, 4.69) is 15.5 Å². The molecule has 124 valence electrons. The molecule has 0 amide bonds. The maximum Gasteiger partial charge on any atom is 0.336 e. The van der Waals surface area contributed by atoms with Crippen molar-refractivity contribution in [2.75, 3.05) is 27.2 Å². The minimum Gasteiger partial charge on any atom is -0.461 e. The molecule has 1 atom stereocenters. The third-order valence-electron chi connectivity index (χ3n) is 3.73. The predicted molar refractivity (Wildman–Crippen MR) is 90.1 cm³/mol. The van der Waals surface area contributed by atoms with Crippen LogP contribution in [0.25, 0.3) is 0 Å². The van der Waals surface area contributed by atoms with Gasteiger partial charge in [-0.25, -0.2) is 4.79 Å². The smallest absolute Gasteiger partial charge is 0.336 e. The molecule has 0 bridgehead atoms. The summed E-state index contributed by atoms with van der Waals surface area (Å²) in [5.41, 5.74) is 5.95. The van der Waals surface area contributed by atoms with Gasteiger partial charge in [0.15, 0.2) is 0 Å². The second kappa shape index (κ2) is 7.87. The van der Waals surface area contributed by atoms with E-state index in [1.54, 1.807) is 6.20 Å². The van der Waals surface area contributed by atoms with Crippen molar-refractivity contribution >= 4 is 11.7 Å². The van der Waals surface area contributed by atoms with Gasteiger partial charge in [-0.15, -0.1) is 0 Å². The Bertz CT molecular complexity index is 608. The number of hydrogen-bond donors (Lipinski definition) is 1. The zero-order valence-electron chi connectivity index (χ0n) is 14.2. The molecule has 1 N–H and O–H groups in total. The lowest BCUT2D eigenvalue weighted by Gasteiger charge is -2.26. The Kier molecular flexibility index (Phi) is 5.87. The topological polar surface area (TPSA) is 66.8 Å². The number of esters is 1. The summed E-state index contributed by atoms with van der Waals surface area (Å²) in [6.07, 6.45) is 2.46. The maximum absolute atomic E-state index is 12.6. The predicted octanol–water partition coefficient (Wildman–Crippen LogP) is 1.91. The molecule has 1 aliphatic rings. The van der Waals surface area contributed by atoms with E-state index in [-0.39, 0.29) is 11.9 Å². The molecule has 0 radical (unpaired) electrons. The lowest BCUT2D eigenvalue weighted by molar-refractivity contribution is -0.139. The Hall–Kier alpha value is -2.21. The van der Waals surface area contributed by atoms with E-state index < -0.39 is 0 Å². The highest BCUT2D eigenvalue weighted by molar-refractivity contribution is 6.04. The Morgan fingerprint density at radius 2 is 2.17 bits per heavy atom. The highest BCUT2D eigenvalue weighted by atomic mass is 16.5. The van der Waals surface area contributed by atoms with Crippen LogP contribution in [0.3, 0.4) is 0 Å². The van der Waals surface area contributed by atoms with Crippen molar-refractivity contribution in [1.82, 2.24) is 15.3 Å². The van der Waals surface area contributed by atoms with Crippen molar-refractivity contribution in [2.24, 2.45) is 5.10 Å². The molecular formula is C17H24N4O2. The standard InChI is InChI=1S/C17H24N4O2/c1-5-13-16(14-8-6-7-9-18-14)15(12(2)19-20-13)17(22)23-11-10-21(3)4/h6-9,16,19H,5,10-11H2,1-4H3. The fraction of sp³-hybridized carbons (Fsp3) is 0.471. The van der Waals surface area contributed by atoms with Gasteiger partial charge in [-0.3, -0.25) is 10.4 Å². The Balaban J connectivity index is 2.27. The van der Waals surface area contributed by atoms with E-state index in [1.165, 1.54) is 0 Å². The van der Waals surface area contributed by atoms with Gasteiger partial charge in [-0.05, 0) is 39.6 Å². The molecule has 2 rings (SSSR count). The van der Waals surface area contributed by atoms with Crippen LogP contribution in [0.4, 0.5) is 0 Å². The van der Waals surface area contributed by atoms with Gasteiger partial charge in [-0.2, -0.15) is 5.10 Å². The molecule has 0 spiro atoms. The fourth-order valence-corrected chi connectivity index (χ4v) is 2.48. The molecule has 6 heteroatoms. The molecule has 0 fully saturated rings. The summed E-state index contributed by atoms with van der Waals surface area (Å²) in [4.78, 5) is 19.0. The van der Waals surface area contributed by atoms with Crippen LogP contribution in [0.15, 0.2) is 40.8 Å². The van der Waals surface area contributed by atoms with Gasteiger partial charge in [0.2, 0.25) is 0 Å². The van der Waals surface area contributed by atoms with Crippen LogP contribution in [-0.2, 0) is 9.53 Å². The molecular weight excluding hydrogens is 292 g/mol. The number of allylic oxidation sites excluding steroid dienone is 1. The van der Waals surface area contributed by atoms with Crippen molar-refractivity contribution in [1.29, 1.82) is 0 Å². The number of hydrogen-bond acceptors (Lipinski definition) is 6. The lowest BCUT2D eigenvalue weighted by Crippen LogP contribution is -2.32. The number of pyridine rings is 1. The number of hydrazone groups is 1. The van der Waals surface area contributed by atoms with E-state index in [0.29, 0.717) is 24.4 Å². The van der Waals surface area contributed by atoms with Crippen LogP contribution in [0.2, 0.25) is 0 Å².